The van der Waals surface area contributed by atoms with Gasteiger partial charge in [0.1, 0.15) is 5.82 Å². The summed E-state index contributed by atoms with van der Waals surface area (Å²) >= 11 is 0. The number of hydrogen-bond donors (Lipinski definition) is 0. The minimum Gasteiger partial charge on any atom is -0.335 e. The Kier molecular flexibility index (Phi) is 5.07. The van der Waals surface area contributed by atoms with Gasteiger partial charge < -0.3 is 9.80 Å². The SMILES string of the molecule is Cc1c(C(=O)N2CCN(C(=O)c3ccc(F)cc3)CC2)cnn1-c1ccccn1. The maximum absolute atomic E-state index is 13.1. The fourth-order valence-electron chi connectivity index (χ4n) is 3.39. The molecule has 4 rings (SSSR count). The highest BCUT2D eigenvalue weighted by atomic mass is 19.1. The number of hydrogen-bond acceptors (Lipinski definition) is 4. The number of nitrogens with zero attached hydrogens (tertiary/aromatic N) is 5. The number of aromatic nitrogens is 3. The van der Waals surface area contributed by atoms with Gasteiger partial charge in [-0.3, -0.25) is 9.59 Å². The maximum Gasteiger partial charge on any atom is 0.257 e. The van der Waals surface area contributed by atoms with Crippen molar-refractivity contribution in [2.45, 2.75) is 6.92 Å². The van der Waals surface area contributed by atoms with Crippen LogP contribution in [0.1, 0.15) is 26.4 Å². The van der Waals surface area contributed by atoms with Crippen LogP contribution in [0.4, 0.5) is 4.39 Å². The number of halogens is 1. The van der Waals surface area contributed by atoms with Gasteiger partial charge in [-0.1, -0.05) is 6.07 Å². The van der Waals surface area contributed by atoms with Crippen molar-refractivity contribution in [3.8, 4) is 5.82 Å². The average Bonchev–Trinajstić information content (AvgIpc) is 3.15. The van der Waals surface area contributed by atoms with Crippen LogP contribution in [0.25, 0.3) is 5.82 Å². The summed E-state index contributed by atoms with van der Waals surface area (Å²) in [4.78, 5) is 33.2. The fraction of sp³-hybridized carbons (Fsp3) is 0.238. The van der Waals surface area contributed by atoms with Crippen molar-refractivity contribution in [2.75, 3.05) is 26.2 Å². The third-order valence-electron chi connectivity index (χ3n) is 5.05. The minimum absolute atomic E-state index is 0.112. The molecule has 3 aromatic rings. The van der Waals surface area contributed by atoms with Gasteiger partial charge >= 0.3 is 0 Å². The molecule has 8 heteroatoms. The van der Waals surface area contributed by atoms with Crippen LogP contribution in [0.3, 0.4) is 0 Å². The summed E-state index contributed by atoms with van der Waals surface area (Å²) in [7, 11) is 0. The lowest BCUT2D eigenvalue weighted by Crippen LogP contribution is -2.50. The Morgan fingerprint density at radius 2 is 1.59 bits per heavy atom. The summed E-state index contributed by atoms with van der Waals surface area (Å²) in [5.74, 6) is 0.00663. The summed E-state index contributed by atoms with van der Waals surface area (Å²) in [6.45, 7) is 3.55. The minimum atomic E-state index is -0.376. The number of rotatable bonds is 3. The highest BCUT2D eigenvalue weighted by Gasteiger charge is 2.27. The van der Waals surface area contributed by atoms with Crippen molar-refractivity contribution < 1.29 is 14.0 Å². The second-order valence-corrected chi connectivity index (χ2v) is 6.83. The lowest BCUT2D eigenvalue weighted by Gasteiger charge is -2.34. The number of carbonyl (C=O) groups is 2. The van der Waals surface area contributed by atoms with Crippen molar-refractivity contribution in [3.05, 3.63) is 77.5 Å². The summed E-state index contributed by atoms with van der Waals surface area (Å²) in [6.07, 6.45) is 3.23. The van der Waals surface area contributed by atoms with Crippen LogP contribution < -0.4 is 0 Å². The highest BCUT2D eigenvalue weighted by Crippen LogP contribution is 2.16. The van der Waals surface area contributed by atoms with Crippen molar-refractivity contribution in [2.24, 2.45) is 0 Å². The normalized spacial score (nSPS) is 14.1. The summed E-state index contributed by atoms with van der Waals surface area (Å²) in [6, 6.07) is 11.0. The monoisotopic (exact) mass is 393 g/mol. The molecule has 0 aliphatic carbocycles. The molecule has 1 aromatic carbocycles. The average molecular weight is 393 g/mol. The van der Waals surface area contributed by atoms with E-state index in [0.29, 0.717) is 43.1 Å². The van der Waals surface area contributed by atoms with E-state index in [-0.39, 0.29) is 17.6 Å². The Morgan fingerprint density at radius 3 is 2.21 bits per heavy atom. The predicted octanol–water partition coefficient (Wildman–Crippen LogP) is 2.31. The zero-order valence-corrected chi connectivity index (χ0v) is 16.0. The molecule has 29 heavy (non-hydrogen) atoms. The largest absolute Gasteiger partial charge is 0.335 e. The van der Waals surface area contributed by atoms with Gasteiger partial charge in [0.25, 0.3) is 11.8 Å². The molecule has 7 nitrogen and oxygen atoms in total. The molecule has 0 bridgehead atoms. The number of pyridine rings is 1. The topological polar surface area (TPSA) is 71.3 Å². The van der Waals surface area contributed by atoms with E-state index in [4.69, 9.17) is 0 Å². The molecule has 0 atom stereocenters. The van der Waals surface area contributed by atoms with Gasteiger partial charge in [-0.05, 0) is 43.3 Å². The standard InChI is InChI=1S/C21H20FN5O2/c1-15-18(14-24-27(15)19-4-2-3-9-23-19)21(29)26-12-10-25(11-13-26)20(28)16-5-7-17(22)8-6-16/h2-9,14H,10-13H2,1H3. The van der Waals surface area contributed by atoms with E-state index in [1.165, 1.54) is 24.3 Å². The third-order valence-corrected chi connectivity index (χ3v) is 5.05. The van der Waals surface area contributed by atoms with Crippen LogP contribution in [0.5, 0.6) is 0 Å². The molecular weight excluding hydrogens is 373 g/mol. The Hall–Kier alpha value is -3.55. The zero-order chi connectivity index (χ0) is 20.4. The first-order valence-corrected chi connectivity index (χ1v) is 9.35. The number of amides is 2. The van der Waals surface area contributed by atoms with Gasteiger partial charge in [0.05, 0.1) is 17.5 Å². The zero-order valence-electron chi connectivity index (χ0n) is 16.0. The molecule has 0 spiro atoms. The molecule has 1 aliphatic heterocycles. The van der Waals surface area contributed by atoms with Crippen LogP contribution in [0.15, 0.2) is 54.9 Å². The van der Waals surface area contributed by atoms with E-state index >= 15 is 0 Å². The van der Waals surface area contributed by atoms with Gasteiger partial charge in [0.2, 0.25) is 0 Å². The Bertz CT molecular complexity index is 1020. The Morgan fingerprint density at radius 1 is 0.931 bits per heavy atom. The second kappa shape index (κ2) is 7.83. The molecule has 0 N–H and O–H groups in total. The van der Waals surface area contributed by atoms with E-state index < -0.39 is 0 Å². The van der Waals surface area contributed by atoms with E-state index in [0.717, 1.165) is 5.69 Å². The van der Waals surface area contributed by atoms with E-state index in [1.807, 2.05) is 25.1 Å². The van der Waals surface area contributed by atoms with Gasteiger partial charge in [-0.25, -0.2) is 14.1 Å². The van der Waals surface area contributed by atoms with Crippen LogP contribution in [-0.2, 0) is 0 Å². The lowest BCUT2D eigenvalue weighted by molar-refractivity contribution is 0.0535. The first-order chi connectivity index (χ1) is 14.0. The first-order valence-electron chi connectivity index (χ1n) is 9.35. The molecule has 0 saturated carbocycles. The summed E-state index contributed by atoms with van der Waals surface area (Å²) in [5.41, 5.74) is 1.69. The molecule has 0 radical (unpaired) electrons. The third kappa shape index (κ3) is 3.73. The van der Waals surface area contributed by atoms with Gasteiger partial charge in [0, 0.05) is 37.9 Å². The molecule has 2 amide bonds. The smallest absolute Gasteiger partial charge is 0.257 e. The van der Waals surface area contributed by atoms with Crippen LogP contribution in [0, 0.1) is 12.7 Å². The quantitative estimate of drug-likeness (QED) is 0.685. The number of carbonyl (C=O) groups excluding carboxylic acids is 2. The molecule has 148 valence electrons. The predicted molar refractivity (Wildman–Crippen MR) is 104 cm³/mol. The van der Waals surface area contributed by atoms with E-state index in [2.05, 4.69) is 10.1 Å². The van der Waals surface area contributed by atoms with Crippen molar-refractivity contribution >= 4 is 11.8 Å². The molecule has 1 aliphatic rings. The van der Waals surface area contributed by atoms with Crippen LogP contribution >= 0.6 is 0 Å². The highest BCUT2D eigenvalue weighted by molar-refractivity contribution is 5.96. The Balaban J connectivity index is 1.42. The van der Waals surface area contributed by atoms with Crippen LogP contribution in [-0.4, -0.2) is 62.6 Å². The number of benzene rings is 1. The second-order valence-electron chi connectivity index (χ2n) is 6.83. The van der Waals surface area contributed by atoms with Crippen molar-refractivity contribution in [1.82, 2.24) is 24.6 Å². The van der Waals surface area contributed by atoms with Crippen molar-refractivity contribution in [3.63, 3.8) is 0 Å². The summed E-state index contributed by atoms with van der Waals surface area (Å²) < 4.78 is 14.7. The molecule has 2 aromatic heterocycles. The fourth-order valence-corrected chi connectivity index (χ4v) is 3.39. The van der Waals surface area contributed by atoms with E-state index in [9.17, 15) is 14.0 Å². The van der Waals surface area contributed by atoms with Crippen molar-refractivity contribution in [1.29, 1.82) is 0 Å². The maximum atomic E-state index is 13.1. The van der Waals surface area contributed by atoms with Crippen LogP contribution in [0.2, 0.25) is 0 Å². The lowest BCUT2D eigenvalue weighted by atomic mass is 10.1. The van der Waals surface area contributed by atoms with Gasteiger partial charge in [0.15, 0.2) is 5.82 Å². The molecule has 1 saturated heterocycles. The molecule has 1 fully saturated rings. The Labute approximate surface area is 167 Å². The first kappa shape index (κ1) is 18.8. The molecular formula is C21H20FN5O2. The summed E-state index contributed by atoms with van der Waals surface area (Å²) in [5, 5.41) is 4.30. The number of piperazine rings is 1. The van der Waals surface area contributed by atoms with Gasteiger partial charge in [-0.15, -0.1) is 0 Å². The molecule has 0 unspecified atom stereocenters. The van der Waals surface area contributed by atoms with E-state index in [1.54, 1.807) is 26.9 Å². The molecule has 3 heterocycles. The van der Waals surface area contributed by atoms with Gasteiger partial charge in [-0.2, -0.15) is 5.10 Å².